The van der Waals surface area contributed by atoms with E-state index in [-0.39, 0.29) is 11.2 Å². The topological polar surface area (TPSA) is 27.7 Å². The summed E-state index contributed by atoms with van der Waals surface area (Å²) in [7, 11) is 0. The van der Waals surface area contributed by atoms with Crippen molar-refractivity contribution in [2.75, 3.05) is 37.9 Å². The molecule has 0 saturated heterocycles. The molecule has 0 aromatic heterocycles. The van der Waals surface area contributed by atoms with Crippen LogP contribution >= 0.6 is 25.3 Å². The zero-order chi connectivity index (χ0) is 14.8. The van der Waals surface area contributed by atoms with Gasteiger partial charge in [0.15, 0.2) is 0 Å². The van der Waals surface area contributed by atoms with Crippen LogP contribution in [0.15, 0.2) is 0 Å². The quantitative estimate of drug-likeness (QED) is 0.428. The van der Waals surface area contributed by atoms with Crippen molar-refractivity contribution in [3.63, 3.8) is 0 Å². The highest BCUT2D eigenvalue weighted by Gasteiger charge is 2.25. The minimum absolute atomic E-state index is 0.163. The Hall–Kier alpha value is 0.580. The molecule has 0 N–H and O–H groups in total. The molecule has 0 aromatic rings. The molecule has 1 unspecified atom stereocenters. The first-order valence-corrected chi connectivity index (χ1v) is 8.23. The molecule has 3 nitrogen and oxygen atoms in total. The number of hydrogen-bond donors (Lipinski definition) is 2. The summed E-state index contributed by atoms with van der Waals surface area (Å²) in [5, 5.41) is 0. The van der Waals surface area contributed by atoms with Crippen LogP contribution in [0.1, 0.15) is 40.5 Å². The highest BCUT2D eigenvalue weighted by atomic mass is 32.1. The van der Waals surface area contributed by atoms with Crippen molar-refractivity contribution in [1.82, 2.24) is 0 Å². The lowest BCUT2D eigenvalue weighted by molar-refractivity contribution is -0.106. The standard InChI is InChI=1S/C14H30O3S2/c1-5-14(4,12-15-8-10-18)17-7-6-13(2,3)16-9-11-19/h18-19H,5-12H2,1-4H3. The molecule has 1 atom stereocenters. The van der Waals surface area contributed by atoms with E-state index >= 15 is 0 Å². The van der Waals surface area contributed by atoms with Gasteiger partial charge in [-0.25, -0.2) is 0 Å². The average molecular weight is 311 g/mol. The number of ether oxygens (including phenoxy) is 3. The maximum absolute atomic E-state index is 5.99. The molecule has 0 aliphatic carbocycles. The predicted molar refractivity (Wildman–Crippen MR) is 87.8 cm³/mol. The molecule has 0 fully saturated rings. The lowest BCUT2D eigenvalue weighted by Gasteiger charge is -2.31. The molecule has 0 radical (unpaired) electrons. The number of hydrogen-bond acceptors (Lipinski definition) is 5. The minimum Gasteiger partial charge on any atom is -0.378 e. The van der Waals surface area contributed by atoms with E-state index in [0.29, 0.717) is 26.4 Å². The summed E-state index contributed by atoms with van der Waals surface area (Å²) in [6, 6.07) is 0. The zero-order valence-corrected chi connectivity index (χ0v) is 14.6. The third-order valence-electron chi connectivity index (χ3n) is 3.13. The molecule has 5 heteroatoms. The Bertz CT molecular complexity index is 225. The SMILES string of the molecule is CCC(C)(COCCS)OCCC(C)(C)OCCS. The molecule has 116 valence electrons. The van der Waals surface area contributed by atoms with Crippen LogP contribution in [0, 0.1) is 0 Å². The second-order valence-electron chi connectivity index (χ2n) is 5.51. The Morgan fingerprint density at radius 1 is 0.895 bits per heavy atom. The van der Waals surface area contributed by atoms with Crippen LogP contribution in [-0.4, -0.2) is 49.1 Å². The Morgan fingerprint density at radius 3 is 2.05 bits per heavy atom. The van der Waals surface area contributed by atoms with E-state index < -0.39 is 0 Å². The first-order chi connectivity index (χ1) is 8.89. The van der Waals surface area contributed by atoms with E-state index in [2.05, 4.69) is 53.0 Å². The average Bonchev–Trinajstić information content (AvgIpc) is 2.36. The fourth-order valence-corrected chi connectivity index (χ4v) is 1.76. The summed E-state index contributed by atoms with van der Waals surface area (Å²) in [6.07, 6.45) is 1.79. The molecule has 0 bridgehead atoms. The summed E-state index contributed by atoms with van der Waals surface area (Å²) < 4.78 is 17.3. The van der Waals surface area contributed by atoms with E-state index in [1.807, 2.05) is 0 Å². The molecule has 0 rings (SSSR count). The van der Waals surface area contributed by atoms with Crippen molar-refractivity contribution in [2.45, 2.75) is 51.7 Å². The molecule has 0 aliphatic heterocycles. The number of rotatable bonds is 12. The summed E-state index contributed by atoms with van der Waals surface area (Å²) in [6.45, 7) is 11.0. The second-order valence-corrected chi connectivity index (χ2v) is 6.40. The van der Waals surface area contributed by atoms with Crippen molar-refractivity contribution in [1.29, 1.82) is 0 Å². The maximum atomic E-state index is 5.99. The van der Waals surface area contributed by atoms with Crippen LogP contribution in [0.25, 0.3) is 0 Å². The molecular formula is C14H30O3S2. The van der Waals surface area contributed by atoms with Gasteiger partial charge in [0.05, 0.1) is 37.6 Å². The molecule has 0 aliphatic rings. The Morgan fingerprint density at radius 2 is 1.53 bits per heavy atom. The Balaban J connectivity index is 3.98. The van der Waals surface area contributed by atoms with Gasteiger partial charge in [0.25, 0.3) is 0 Å². The minimum atomic E-state index is -0.220. The summed E-state index contributed by atoms with van der Waals surface area (Å²) in [5.74, 6) is 1.49. The van der Waals surface area contributed by atoms with Crippen molar-refractivity contribution >= 4 is 25.3 Å². The summed E-state index contributed by atoms with van der Waals surface area (Å²) in [4.78, 5) is 0. The molecular weight excluding hydrogens is 280 g/mol. The summed E-state index contributed by atoms with van der Waals surface area (Å²) in [5.41, 5.74) is -0.383. The third-order valence-corrected chi connectivity index (χ3v) is 3.49. The van der Waals surface area contributed by atoms with Crippen molar-refractivity contribution in [3.8, 4) is 0 Å². The molecule has 19 heavy (non-hydrogen) atoms. The van der Waals surface area contributed by atoms with Crippen molar-refractivity contribution in [2.24, 2.45) is 0 Å². The lowest BCUT2D eigenvalue weighted by Crippen LogP contribution is -2.36. The van der Waals surface area contributed by atoms with E-state index in [0.717, 1.165) is 24.3 Å². The lowest BCUT2D eigenvalue weighted by atomic mass is 10.0. The highest BCUT2D eigenvalue weighted by Crippen LogP contribution is 2.20. The monoisotopic (exact) mass is 310 g/mol. The molecule has 0 saturated carbocycles. The molecule has 0 spiro atoms. The third kappa shape index (κ3) is 10.0. The largest absolute Gasteiger partial charge is 0.378 e. The first-order valence-electron chi connectivity index (χ1n) is 6.96. The van der Waals surface area contributed by atoms with E-state index in [1.165, 1.54) is 0 Å². The van der Waals surface area contributed by atoms with Gasteiger partial charge >= 0.3 is 0 Å². The number of thiol groups is 2. The van der Waals surface area contributed by atoms with Crippen molar-refractivity contribution in [3.05, 3.63) is 0 Å². The van der Waals surface area contributed by atoms with Gasteiger partial charge in [-0.1, -0.05) is 6.92 Å². The first kappa shape index (κ1) is 19.6. The van der Waals surface area contributed by atoms with Crippen LogP contribution in [0.3, 0.4) is 0 Å². The summed E-state index contributed by atoms with van der Waals surface area (Å²) >= 11 is 8.29. The van der Waals surface area contributed by atoms with Crippen LogP contribution in [0.5, 0.6) is 0 Å². The van der Waals surface area contributed by atoms with Gasteiger partial charge in [0.2, 0.25) is 0 Å². The van der Waals surface area contributed by atoms with Gasteiger partial charge in [0, 0.05) is 11.5 Å². The van der Waals surface area contributed by atoms with Crippen LogP contribution in [0.4, 0.5) is 0 Å². The Kier molecular flexibility index (Phi) is 10.6. The normalized spacial score (nSPS) is 15.5. The van der Waals surface area contributed by atoms with E-state index in [9.17, 15) is 0 Å². The van der Waals surface area contributed by atoms with Crippen LogP contribution in [0.2, 0.25) is 0 Å². The van der Waals surface area contributed by atoms with Gasteiger partial charge in [-0.2, -0.15) is 25.3 Å². The smallest absolute Gasteiger partial charge is 0.0884 e. The fourth-order valence-electron chi connectivity index (χ4n) is 1.54. The molecule has 0 aromatic carbocycles. The van der Waals surface area contributed by atoms with Gasteiger partial charge in [-0.05, 0) is 33.6 Å². The van der Waals surface area contributed by atoms with Crippen LogP contribution < -0.4 is 0 Å². The highest BCUT2D eigenvalue weighted by molar-refractivity contribution is 7.80. The second kappa shape index (κ2) is 10.3. The molecule has 0 amide bonds. The van der Waals surface area contributed by atoms with E-state index in [4.69, 9.17) is 14.2 Å². The van der Waals surface area contributed by atoms with Gasteiger partial charge in [-0.15, -0.1) is 0 Å². The predicted octanol–water partition coefficient (Wildman–Crippen LogP) is 3.23. The van der Waals surface area contributed by atoms with Crippen LogP contribution in [-0.2, 0) is 14.2 Å². The maximum Gasteiger partial charge on any atom is 0.0884 e. The van der Waals surface area contributed by atoms with E-state index in [1.54, 1.807) is 0 Å². The van der Waals surface area contributed by atoms with Gasteiger partial charge in [-0.3, -0.25) is 0 Å². The Labute approximate surface area is 129 Å². The van der Waals surface area contributed by atoms with Crippen molar-refractivity contribution < 1.29 is 14.2 Å². The fraction of sp³-hybridized carbons (Fsp3) is 1.00. The van der Waals surface area contributed by atoms with Gasteiger partial charge < -0.3 is 14.2 Å². The molecule has 0 heterocycles. The van der Waals surface area contributed by atoms with Gasteiger partial charge in [0.1, 0.15) is 0 Å². The zero-order valence-electron chi connectivity index (χ0n) is 12.8.